The summed E-state index contributed by atoms with van der Waals surface area (Å²) in [5, 5.41) is 12.3. The van der Waals surface area contributed by atoms with E-state index < -0.39 is 0 Å². The highest BCUT2D eigenvalue weighted by atomic mass is 16.3. The number of benzene rings is 1. The largest absolute Gasteiger partial charge is 0.393 e. The molecule has 0 spiro atoms. The van der Waals surface area contributed by atoms with Crippen LogP contribution in [0, 0.1) is 0 Å². The summed E-state index contributed by atoms with van der Waals surface area (Å²) in [7, 11) is 0. The van der Waals surface area contributed by atoms with Gasteiger partial charge in [-0.2, -0.15) is 0 Å². The fourth-order valence-electron chi connectivity index (χ4n) is 1.31. The summed E-state index contributed by atoms with van der Waals surface area (Å²) in [6, 6.07) is 10.4. The van der Waals surface area contributed by atoms with E-state index in [4.69, 9.17) is 5.11 Å². The fraction of sp³-hybridized carbons (Fsp3) is 0.500. The molecule has 0 unspecified atom stereocenters. The van der Waals surface area contributed by atoms with Crippen LogP contribution in [-0.2, 0) is 6.42 Å². The average molecular weight is 193 g/mol. The summed E-state index contributed by atoms with van der Waals surface area (Å²) in [6.07, 6.45) is 1.69. The zero-order chi connectivity index (χ0) is 10.2. The Kier molecular flexibility index (Phi) is 5.27. The lowest BCUT2D eigenvalue weighted by Crippen LogP contribution is -2.21. The standard InChI is InChI=1S/C12H19NO/c1-11(14)7-9-13-10-8-12-5-3-2-4-6-12/h2-6,11,13-14H,7-10H2,1H3/t11-/m0/s1. The molecule has 1 rings (SSSR count). The van der Waals surface area contributed by atoms with Crippen LogP contribution in [0.5, 0.6) is 0 Å². The van der Waals surface area contributed by atoms with Gasteiger partial charge in [0.05, 0.1) is 6.10 Å². The van der Waals surface area contributed by atoms with Gasteiger partial charge in [-0.05, 0) is 38.4 Å². The third kappa shape index (κ3) is 5.00. The first-order chi connectivity index (χ1) is 6.79. The Hall–Kier alpha value is -0.860. The van der Waals surface area contributed by atoms with E-state index >= 15 is 0 Å². The highest BCUT2D eigenvalue weighted by Gasteiger charge is 1.94. The van der Waals surface area contributed by atoms with Gasteiger partial charge in [-0.1, -0.05) is 30.3 Å². The van der Waals surface area contributed by atoms with Crippen LogP contribution in [0.3, 0.4) is 0 Å². The van der Waals surface area contributed by atoms with Crippen LogP contribution in [0.25, 0.3) is 0 Å². The lowest BCUT2D eigenvalue weighted by Gasteiger charge is -2.06. The number of nitrogens with one attached hydrogen (secondary N) is 1. The molecule has 0 aromatic heterocycles. The van der Waals surface area contributed by atoms with Crippen LogP contribution in [0.4, 0.5) is 0 Å². The quantitative estimate of drug-likeness (QED) is 0.672. The van der Waals surface area contributed by atoms with Crippen molar-refractivity contribution >= 4 is 0 Å². The van der Waals surface area contributed by atoms with Crippen LogP contribution >= 0.6 is 0 Å². The second-order valence-electron chi connectivity index (χ2n) is 3.62. The first-order valence-corrected chi connectivity index (χ1v) is 5.22. The van der Waals surface area contributed by atoms with Crippen LogP contribution in [0.1, 0.15) is 18.9 Å². The Morgan fingerprint density at radius 1 is 1.21 bits per heavy atom. The summed E-state index contributed by atoms with van der Waals surface area (Å²) in [5.74, 6) is 0. The summed E-state index contributed by atoms with van der Waals surface area (Å²) >= 11 is 0. The van der Waals surface area contributed by atoms with E-state index in [1.54, 1.807) is 0 Å². The maximum Gasteiger partial charge on any atom is 0.0524 e. The monoisotopic (exact) mass is 193 g/mol. The van der Waals surface area contributed by atoms with Crippen molar-refractivity contribution in [3.8, 4) is 0 Å². The van der Waals surface area contributed by atoms with Gasteiger partial charge in [0.15, 0.2) is 0 Å². The molecule has 1 atom stereocenters. The van der Waals surface area contributed by atoms with E-state index in [1.165, 1.54) is 5.56 Å². The fourth-order valence-corrected chi connectivity index (χ4v) is 1.31. The molecule has 0 bridgehead atoms. The maximum atomic E-state index is 9.03. The Morgan fingerprint density at radius 2 is 1.93 bits per heavy atom. The lowest BCUT2D eigenvalue weighted by atomic mass is 10.1. The summed E-state index contributed by atoms with van der Waals surface area (Å²) in [5.41, 5.74) is 1.36. The first kappa shape index (κ1) is 11.2. The average Bonchev–Trinajstić information content (AvgIpc) is 2.18. The molecule has 0 heterocycles. The molecule has 2 N–H and O–H groups in total. The molecule has 0 saturated carbocycles. The molecule has 0 saturated heterocycles. The van der Waals surface area contributed by atoms with Gasteiger partial charge in [0.25, 0.3) is 0 Å². The maximum absolute atomic E-state index is 9.03. The molecule has 2 heteroatoms. The van der Waals surface area contributed by atoms with Gasteiger partial charge in [0.2, 0.25) is 0 Å². The first-order valence-electron chi connectivity index (χ1n) is 5.22. The summed E-state index contributed by atoms with van der Waals surface area (Å²) in [6.45, 7) is 3.69. The van der Waals surface area contributed by atoms with Crippen LogP contribution < -0.4 is 5.32 Å². The van der Waals surface area contributed by atoms with Gasteiger partial charge in [0, 0.05) is 0 Å². The number of hydrogen-bond donors (Lipinski definition) is 2. The number of aliphatic hydroxyl groups excluding tert-OH is 1. The van der Waals surface area contributed by atoms with Crippen molar-refractivity contribution in [3.05, 3.63) is 35.9 Å². The normalized spacial score (nSPS) is 12.7. The van der Waals surface area contributed by atoms with Crippen molar-refractivity contribution in [2.75, 3.05) is 13.1 Å². The molecule has 0 radical (unpaired) electrons. The zero-order valence-corrected chi connectivity index (χ0v) is 8.74. The molecule has 78 valence electrons. The van der Waals surface area contributed by atoms with Crippen molar-refractivity contribution in [3.63, 3.8) is 0 Å². The van der Waals surface area contributed by atoms with Gasteiger partial charge in [-0.25, -0.2) is 0 Å². The SMILES string of the molecule is C[C@H](O)CCNCCc1ccccc1. The van der Waals surface area contributed by atoms with Gasteiger partial charge in [-0.3, -0.25) is 0 Å². The van der Waals surface area contributed by atoms with E-state index in [0.717, 1.165) is 25.9 Å². The molecule has 0 fully saturated rings. The third-order valence-corrected chi connectivity index (χ3v) is 2.17. The smallest absolute Gasteiger partial charge is 0.0524 e. The lowest BCUT2D eigenvalue weighted by molar-refractivity contribution is 0.184. The minimum Gasteiger partial charge on any atom is -0.393 e. The van der Waals surface area contributed by atoms with Crippen molar-refractivity contribution in [2.24, 2.45) is 0 Å². The zero-order valence-electron chi connectivity index (χ0n) is 8.74. The van der Waals surface area contributed by atoms with Crippen LogP contribution in [0.15, 0.2) is 30.3 Å². The summed E-state index contributed by atoms with van der Waals surface area (Å²) < 4.78 is 0. The predicted octanol–water partition coefficient (Wildman–Crippen LogP) is 1.59. The van der Waals surface area contributed by atoms with Crippen molar-refractivity contribution in [1.29, 1.82) is 0 Å². The van der Waals surface area contributed by atoms with Gasteiger partial charge < -0.3 is 10.4 Å². The molecular weight excluding hydrogens is 174 g/mol. The molecule has 14 heavy (non-hydrogen) atoms. The minimum atomic E-state index is -0.195. The molecule has 0 aliphatic rings. The second kappa shape index (κ2) is 6.57. The van der Waals surface area contributed by atoms with E-state index in [-0.39, 0.29) is 6.10 Å². The van der Waals surface area contributed by atoms with Gasteiger partial charge >= 0.3 is 0 Å². The van der Waals surface area contributed by atoms with E-state index in [0.29, 0.717) is 0 Å². The van der Waals surface area contributed by atoms with Crippen LogP contribution in [0.2, 0.25) is 0 Å². The molecule has 1 aromatic rings. The molecule has 0 aliphatic carbocycles. The number of hydrogen-bond acceptors (Lipinski definition) is 2. The Labute approximate surface area is 86.0 Å². The molecular formula is C12H19NO. The third-order valence-electron chi connectivity index (χ3n) is 2.17. The Balaban J connectivity index is 2.05. The van der Waals surface area contributed by atoms with Crippen LogP contribution in [-0.4, -0.2) is 24.3 Å². The molecule has 0 aliphatic heterocycles. The topological polar surface area (TPSA) is 32.3 Å². The molecule has 0 amide bonds. The molecule has 2 nitrogen and oxygen atoms in total. The predicted molar refractivity (Wildman–Crippen MR) is 59.3 cm³/mol. The minimum absolute atomic E-state index is 0.195. The highest BCUT2D eigenvalue weighted by Crippen LogP contribution is 1.98. The van der Waals surface area contributed by atoms with E-state index in [1.807, 2.05) is 13.0 Å². The molecule has 1 aromatic carbocycles. The van der Waals surface area contributed by atoms with E-state index in [2.05, 4.69) is 29.6 Å². The number of aliphatic hydroxyl groups is 1. The summed E-state index contributed by atoms with van der Waals surface area (Å²) in [4.78, 5) is 0. The van der Waals surface area contributed by atoms with Crippen molar-refractivity contribution in [1.82, 2.24) is 5.32 Å². The Bertz CT molecular complexity index is 233. The Morgan fingerprint density at radius 3 is 2.57 bits per heavy atom. The second-order valence-corrected chi connectivity index (χ2v) is 3.62. The van der Waals surface area contributed by atoms with E-state index in [9.17, 15) is 0 Å². The van der Waals surface area contributed by atoms with Crippen molar-refractivity contribution < 1.29 is 5.11 Å². The van der Waals surface area contributed by atoms with Gasteiger partial charge in [0.1, 0.15) is 0 Å². The van der Waals surface area contributed by atoms with Gasteiger partial charge in [-0.15, -0.1) is 0 Å². The number of rotatable bonds is 6. The highest BCUT2D eigenvalue weighted by molar-refractivity contribution is 5.14. The van der Waals surface area contributed by atoms with Crippen molar-refractivity contribution in [2.45, 2.75) is 25.9 Å².